The van der Waals surface area contributed by atoms with Gasteiger partial charge >= 0.3 is 5.97 Å². The Morgan fingerprint density at radius 3 is 2.18 bits per heavy atom. The Morgan fingerprint density at radius 1 is 0.818 bits per heavy atom. The molecule has 3 aromatic rings. The second-order valence-electron chi connectivity index (χ2n) is 4.85. The third kappa shape index (κ3) is 2.88. The first-order chi connectivity index (χ1) is 10.8. The van der Waals surface area contributed by atoms with Crippen molar-refractivity contribution >= 4 is 5.97 Å². The first-order valence-corrected chi connectivity index (χ1v) is 6.99. The van der Waals surface area contributed by atoms with Crippen molar-refractivity contribution < 1.29 is 9.53 Å². The second kappa shape index (κ2) is 6.22. The van der Waals surface area contributed by atoms with Crippen molar-refractivity contribution in [3.63, 3.8) is 0 Å². The number of pyridine rings is 1. The SMILES string of the molecule is COC(=O)c1cccc(-c2cccc(-c3ccccc3)n2)c1. The van der Waals surface area contributed by atoms with Gasteiger partial charge in [0.25, 0.3) is 0 Å². The van der Waals surface area contributed by atoms with Gasteiger partial charge in [-0.2, -0.15) is 0 Å². The molecule has 1 heterocycles. The van der Waals surface area contributed by atoms with E-state index in [1.807, 2.05) is 60.7 Å². The van der Waals surface area contributed by atoms with Gasteiger partial charge in [-0.1, -0.05) is 48.5 Å². The number of nitrogens with zero attached hydrogens (tertiary/aromatic N) is 1. The molecule has 0 bridgehead atoms. The topological polar surface area (TPSA) is 39.2 Å². The Morgan fingerprint density at radius 2 is 1.45 bits per heavy atom. The van der Waals surface area contributed by atoms with Gasteiger partial charge in [-0.15, -0.1) is 0 Å². The lowest BCUT2D eigenvalue weighted by Crippen LogP contribution is -2.01. The monoisotopic (exact) mass is 289 g/mol. The summed E-state index contributed by atoms with van der Waals surface area (Å²) in [6.45, 7) is 0. The minimum atomic E-state index is -0.346. The number of carbonyl (C=O) groups excluding carboxylic acids is 1. The van der Waals surface area contributed by atoms with E-state index in [-0.39, 0.29) is 5.97 Å². The first-order valence-electron chi connectivity index (χ1n) is 6.99. The molecule has 0 aliphatic heterocycles. The van der Waals surface area contributed by atoms with Crippen molar-refractivity contribution in [2.75, 3.05) is 7.11 Å². The van der Waals surface area contributed by atoms with Crippen LogP contribution in [0.25, 0.3) is 22.5 Å². The first kappa shape index (κ1) is 14.0. The van der Waals surface area contributed by atoms with E-state index in [0.717, 1.165) is 22.5 Å². The molecule has 0 aliphatic rings. The van der Waals surface area contributed by atoms with E-state index in [2.05, 4.69) is 4.98 Å². The van der Waals surface area contributed by atoms with Crippen LogP contribution in [0.4, 0.5) is 0 Å². The minimum Gasteiger partial charge on any atom is -0.465 e. The van der Waals surface area contributed by atoms with Gasteiger partial charge in [-0.05, 0) is 24.3 Å². The van der Waals surface area contributed by atoms with Crippen LogP contribution in [0.2, 0.25) is 0 Å². The fourth-order valence-electron chi connectivity index (χ4n) is 2.29. The van der Waals surface area contributed by atoms with Gasteiger partial charge in [-0.25, -0.2) is 9.78 Å². The highest BCUT2D eigenvalue weighted by Gasteiger charge is 2.08. The predicted molar refractivity (Wildman–Crippen MR) is 86.4 cm³/mol. The molecule has 0 atom stereocenters. The van der Waals surface area contributed by atoms with Crippen molar-refractivity contribution in [1.29, 1.82) is 0 Å². The van der Waals surface area contributed by atoms with E-state index in [1.54, 1.807) is 12.1 Å². The molecule has 0 saturated carbocycles. The highest BCUT2D eigenvalue weighted by atomic mass is 16.5. The molecule has 0 N–H and O–H groups in total. The summed E-state index contributed by atoms with van der Waals surface area (Å²) in [5, 5.41) is 0. The van der Waals surface area contributed by atoms with Gasteiger partial charge in [0.2, 0.25) is 0 Å². The maximum Gasteiger partial charge on any atom is 0.337 e. The zero-order chi connectivity index (χ0) is 15.4. The van der Waals surface area contributed by atoms with Crippen molar-refractivity contribution in [2.24, 2.45) is 0 Å². The van der Waals surface area contributed by atoms with Crippen molar-refractivity contribution in [1.82, 2.24) is 4.98 Å². The zero-order valence-corrected chi connectivity index (χ0v) is 12.2. The lowest BCUT2D eigenvalue weighted by Gasteiger charge is -2.06. The molecule has 3 nitrogen and oxygen atoms in total. The van der Waals surface area contributed by atoms with Crippen LogP contribution in [-0.2, 0) is 4.74 Å². The molecule has 0 spiro atoms. The fraction of sp³-hybridized carbons (Fsp3) is 0.0526. The quantitative estimate of drug-likeness (QED) is 0.678. The summed E-state index contributed by atoms with van der Waals surface area (Å²) < 4.78 is 4.76. The van der Waals surface area contributed by atoms with Crippen molar-refractivity contribution in [2.45, 2.75) is 0 Å². The zero-order valence-electron chi connectivity index (χ0n) is 12.2. The Bertz CT molecular complexity index is 797. The summed E-state index contributed by atoms with van der Waals surface area (Å²) in [7, 11) is 1.38. The van der Waals surface area contributed by atoms with Gasteiger partial charge in [0, 0.05) is 11.1 Å². The average Bonchev–Trinajstić information content (AvgIpc) is 2.62. The van der Waals surface area contributed by atoms with Crippen LogP contribution in [0.5, 0.6) is 0 Å². The Labute approximate surface area is 129 Å². The van der Waals surface area contributed by atoms with E-state index < -0.39 is 0 Å². The molecule has 108 valence electrons. The number of methoxy groups -OCH3 is 1. The van der Waals surface area contributed by atoms with Gasteiger partial charge in [0.1, 0.15) is 0 Å². The summed E-state index contributed by atoms with van der Waals surface area (Å²) in [5.41, 5.74) is 4.20. The third-order valence-corrected chi connectivity index (χ3v) is 3.40. The number of esters is 1. The van der Waals surface area contributed by atoms with Crippen molar-refractivity contribution in [3.8, 4) is 22.5 Å². The molecule has 0 radical (unpaired) electrons. The predicted octanol–water partition coefficient (Wildman–Crippen LogP) is 4.20. The van der Waals surface area contributed by atoms with Gasteiger partial charge < -0.3 is 4.74 Å². The molecule has 22 heavy (non-hydrogen) atoms. The van der Waals surface area contributed by atoms with E-state index >= 15 is 0 Å². The molecule has 0 aliphatic carbocycles. The van der Waals surface area contributed by atoms with Gasteiger partial charge in [0.15, 0.2) is 0 Å². The average molecular weight is 289 g/mol. The maximum atomic E-state index is 11.6. The van der Waals surface area contributed by atoms with E-state index in [1.165, 1.54) is 7.11 Å². The number of carbonyl (C=O) groups is 1. The Kier molecular flexibility index (Phi) is 3.97. The number of rotatable bonds is 3. The summed E-state index contributed by atoms with van der Waals surface area (Å²) in [6.07, 6.45) is 0. The van der Waals surface area contributed by atoms with Crippen LogP contribution in [0, 0.1) is 0 Å². The van der Waals surface area contributed by atoms with Crippen LogP contribution in [0.3, 0.4) is 0 Å². The van der Waals surface area contributed by atoms with Gasteiger partial charge in [-0.3, -0.25) is 0 Å². The second-order valence-corrected chi connectivity index (χ2v) is 4.85. The van der Waals surface area contributed by atoms with Crippen LogP contribution in [-0.4, -0.2) is 18.1 Å². The lowest BCUT2D eigenvalue weighted by molar-refractivity contribution is 0.0601. The molecule has 0 saturated heterocycles. The normalized spacial score (nSPS) is 10.2. The molecule has 3 rings (SSSR count). The Balaban J connectivity index is 2.01. The molecular formula is C19H15NO2. The molecule has 3 heteroatoms. The maximum absolute atomic E-state index is 11.6. The highest BCUT2D eigenvalue weighted by Crippen LogP contribution is 2.23. The lowest BCUT2D eigenvalue weighted by atomic mass is 10.1. The number of benzene rings is 2. The summed E-state index contributed by atoms with van der Waals surface area (Å²) in [6, 6.07) is 23.2. The Hall–Kier alpha value is -2.94. The number of hydrogen-bond acceptors (Lipinski definition) is 3. The summed E-state index contributed by atoms with van der Waals surface area (Å²) >= 11 is 0. The van der Waals surface area contributed by atoms with Crippen LogP contribution < -0.4 is 0 Å². The van der Waals surface area contributed by atoms with Gasteiger partial charge in [0.05, 0.1) is 24.1 Å². The summed E-state index contributed by atoms with van der Waals surface area (Å²) in [5.74, 6) is -0.346. The smallest absolute Gasteiger partial charge is 0.337 e. The van der Waals surface area contributed by atoms with Crippen LogP contribution in [0.1, 0.15) is 10.4 Å². The molecule has 1 aromatic heterocycles. The molecule has 0 unspecified atom stereocenters. The fourth-order valence-corrected chi connectivity index (χ4v) is 2.29. The molecular weight excluding hydrogens is 274 g/mol. The van der Waals surface area contributed by atoms with E-state index in [0.29, 0.717) is 5.56 Å². The molecule has 0 amide bonds. The third-order valence-electron chi connectivity index (χ3n) is 3.40. The highest BCUT2D eigenvalue weighted by molar-refractivity contribution is 5.90. The van der Waals surface area contributed by atoms with Crippen LogP contribution >= 0.6 is 0 Å². The van der Waals surface area contributed by atoms with Crippen LogP contribution in [0.15, 0.2) is 72.8 Å². The minimum absolute atomic E-state index is 0.346. The molecule has 0 fully saturated rings. The van der Waals surface area contributed by atoms with Crippen molar-refractivity contribution in [3.05, 3.63) is 78.4 Å². The number of hydrogen-bond donors (Lipinski definition) is 0. The summed E-state index contributed by atoms with van der Waals surface area (Å²) in [4.78, 5) is 16.3. The molecule has 2 aromatic carbocycles. The van der Waals surface area contributed by atoms with E-state index in [4.69, 9.17) is 4.74 Å². The largest absolute Gasteiger partial charge is 0.465 e. The van der Waals surface area contributed by atoms with E-state index in [9.17, 15) is 4.79 Å². The number of aromatic nitrogens is 1. The number of ether oxygens (including phenoxy) is 1. The standard InChI is InChI=1S/C19H15NO2/c1-22-19(21)16-10-5-9-15(13-16)18-12-6-11-17(20-18)14-7-3-2-4-8-14/h2-13H,1H3.